The normalized spacial score (nSPS) is 27.4. The third-order valence-corrected chi connectivity index (χ3v) is 7.44. The van der Waals surface area contributed by atoms with Crippen LogP contribution in [0.3, 0.4) is 0 Å². The fourth-order valence-electron chi connectivity index (χ4n) is 5.82. The SMILES string of the molecule is COc1ccc(CCN2C(=O)C3C(C(C)C)NC4(C(=O)Nc5ccccc54)C3C2=O)cc1OC. The largest absolute Gasteiger partial charge is 0.493 e. The van der Waals surface area contributed by atoms with Crippen LogP contribution in [0.1, 0.15) is 25.0 Å². The number of hydrogen-bond acceptors (Lipinski definition) is 6. The Labute approximate surface area is 198 Å². The van der Waals surface area contributed by atoms with Crippen molar-refractivity contribution in [2.45, 2.75) is 31.8 Å². The molecule has 178 valence electrons. The van der Waals surface area contributed by atoms with Gasteiger partial charge in [-0.25, -0.2) is 0 Å². The predicted molar refractivity (Wildman–Crippen MR) is 125 cm³/mol. The number of carbonyl (C=O) groups excluding carboxylic acids is 3. The first-order valence-corrected chi connectivity index (χ1v) is 11.6. The summed E-state index contributed by atoms with van der Waals surface area (Å²) in [6.45, 7) is 4.26. The fraction of sp³-hybridized carbons (Fsp3) is 0.423. The van der Waals surface area contributed by atoms with E-state index >= 15 is 0 Å². The standard InChI is InChI=1S/C26H29N3O5/c1-14(2)22-20-21(26(28-22)16-7-5-6-8-17(16)27-25(26)32)24(31)29(23(20)30)12-11-15-9-10-18(33-3)19(13-15)34-4/h5-10,13-14,20-22,28H,11-12H2,1-4H3,(H,27,32). The second kappa shape index (κ2) is 8.13. The summed E-state index contributed by atoms with van der Waals surface area (Å²) < 4.78 is 10.7. The molecule has 2 N–H and O–H groups in total. The topological polar surface area (TPSA) is 97.0 Å². The Bertz CT molecular complexity index is 1180. The molecule has 2 aromatic rings. The van der Waals surface area contributed by atoms with Gasteiger partial charge in [-0.15, -0.1) is 0 Å². The number of fused-ring (bicyclic) bond motifs is 4. The first-order valence-electron chi connectivity index (χ1n) is 11.6. The van der Waals surface area contributed by atoms with Gasteiger partial charge in [0.2, 0.25) is 17.7 Å². The lowest BCUT2D eigenvalue weighted by Gasteiger charge is -2.30. The lowest BCUT2D eigenvalue weighted by molar-refractivity contribution is -0.142. The highest BCUT2D eigenvalue weighted by molar-refractivity contribution is 6.15. The lowest BCUT2D eigenvalue weighted by Crippen LogP contribution is -2.54. The van der Waals surface area contributed by atoms with Gasteiger partial charge in [-0.1, -0.05) is 38.1 Å². The second-order valence-electron chi connectivity index (χ2n) is 9.49. The maximum absolute atomic E-state index is 13.8. The van der Waals surface area contributed by atoms with Gasteiger partial charge in [0.15, 0.2) is 11.5 Å². The van der Waals surface area contributed by atoms with Gasteiger partial charge in [-0.05, 0) is 36.1 Å². The fourth-order valence-corrected chi connectivity index (χ4v) is 5.82. The van der Waals surface area contributed by atoms with Crippen LogP contribution >= 0.6 is 0 Å². The number of methoxy groups -OCH3 is 2. The van der Waals surface area contributed by atoms with Gasteiger partial charge in [-0.2, -0.15) is 0 Å². The van der Waals surface area contributed by atoms with Crippen molar-refractivity contribution in [3.05, 3.63) is 53.6 Å². The molecular formula is C26H29N3O5. The number of amides is 3. The Hall–Kier alpha value is -3.39. The molecule has 8 nitrogen and oxygen atoms in total. The van der Waals surface area contributed by atoms with Crippen LogP contribution in [0.2, 0.25) is 0 Å². The summed E-state index contributed by atoms with van der Waals surface area (Å²) >= 11 is 0. The van der Waals surface area contributed by atoms with Gasteiger partial charge >= 0.3 is 0 Å². The zero-order valence-electron chi connectivity index (χ0n) is 19.8. The Morgan fingerprint density at radius 2 is 1.74 bits per heavy atom. The van der Waals surface area contributed by atoms with Crippen molar-refractivity contribution in [1.82, 2.24) is 10.2 Å². The number of imide groups is 1. The van der Waals surface area contributed by atoms with Crippen molar-refractivity contribution >= 4 is 23.4 Å². The highest BCUT2D eigenvalue weighted by Gasteiger charge is 2.70. The summed E-state index contributed by atoms with van der Waals surface area (Å²) in [5.41, 5.74) is 1.11. The van der Waals surface area contributed by atoms with E-state index in [0.29, 0.717) is 23.6 Å². The van der Waals surface area contributed by atoms with Crippen molar-refractivity contribution in [3.8, 4) is 11.5 Å². The third kappa shape index (κ3) is 3.05. The number of anilines is 1. The van der Waals surface area contributed by atoms with Gasteiger partial charge in [0.25, 0.3) is 0 Å². The van der Waals surface area contributed by atoms with Crippen LogP contribution in [-0.2, 0) is 26.3 Å². The molecule has 3 aliphatic rings. The maximum Gasteiger partial charge on any atom is 0.250 e. The Morgan fingerprint density at radius 3 is 2.44 bits per heavy atom. The van der Waals surface area contributed by atoms with Crippen LogP contribution in [0.4, 0.5) is 5.69 Å². The Kier molecular flexibility index (Phi) is 5.36. The molecule has 5 rings (SSSR count). The minimum Gasteiger partial charge on any atom is -0.493 e. The van der Waals surface area contributed by atoms with Crippen LogP contribution in [-0.4, -0.2) is 49.4 Å². The van der Waals surface area contributed by atoms with E-state index < -0.39 is 17.4 Å². The Balaban J connectivity index is 1.47. The van der Waals surface area contributed by atoms with E-state index in [2.05, 4.69) is 10.6 Å². The van der Waals surface area contributed by atoms with Crippen molar-refractivity contribution in [3.63, 3.8) is 0 Å². The smallest absolute Gasteiger partial charge is 0.250 e. The van der Waals surface area contributed by atoms with Crippen LogP contribution in [0, 0.1) is 17.8 Å². The Morgan fingerprint density at radius 1 is 1.00 bits per heavy atom. The summed E-state index contributed by atoms with van der Waals surface area (Å²) in [7, 11) is 3.14. The average molecular weight is 464 g/mol. The molecule has 0 saturated carbocycles. The van der Waals surface area contributed by atoms with E-state index in [1.165, 1.54) is 4.90 Å². The van der Waals surface area contributed by atoms with Crippen LogP contribution in [0.5, 0.6) is 11.5 Å². The van der Waals surface area contributed by atoms with Crippen molar-refractivity contribution in [2.75, 3.05) is 26.1 Å². The molecule has 1 spiro atoms. The van der Waals surface area contributed by atoms with Gasteiger partial charge < -0.3 is 14.8 Å². The molecule has 0 bridgehead atoms. The number of nitrogens with one attached hydrogen (secondary N) is 2. The minimum absolute atomic E-state index is 0.0648. The molecule has 0 radical (unpaired) electrons. The first kappa shape index (κ1) is 22.4. The van der Waals surface area contributed by atoms with Crippen molar-refractivity contribution in [2.24, 2.45) is 17.8 Å². The number of likely N-dealkylation sites (tertiary alicyclic amines) is 1. The summed E-state index contributed by atoms with van der Waals surface area (Å²) in [6.07, 6.45) is 0.479. The molecule has 4 atom stereocenters. The minimum atomic E-state index is -1.24. The van der Waals surface area contributed by atoms with E-state index in [-0.39, 0.29) is 36.2 Å². The van der Waals surface area contributed by atoms with E-state index in [4.69, 9.17) is 9.47 Å². The van der Waals surface area contributed by atoms with Gasteiger partial charge in [0.1, 0.15) is 5.54 Å². The quantitative estimate of drug-likeness (QED) is 0.639. The number of hydrogen-bond donors (Lipinski definition) is 2. The molecule has 3 aliphatic heterocycles. The molecule has 3 heterocycles. The molecule has 4 unspecified atom stereocenters. The van der Waals surface area contributed by atoms with Crippen LogP contribution < -0.4 is 20.1 Å². The van der Waals surface area contributed by atoms with E-state index in [0.717, 1.165) is 11.1 Å². The molecule has 0 aliphatic carbocycles. The van der Waals surface area contributed by atoms with Gasteiger partial charge in [0, 0.05) is 23.8 Å². The number of ether oxygens (including phenoxy) is 2. The monoisotopic (exact) mass is 463 g/mol. The molecular weight excluding hydrogens is 434 g/mol. The maximum atomic E-state index is 13.8. The number of benzene rings is 2. The molecule has 2 saturated heterocycles. The molecule has 0 aromatic heterocycles. The lowest BCUT2D eigenvalue weighted by atomic mass is 9.76. The summed E-state index contributed by atoms with van der Waals surface area (Å²) in [5, 5.41) is 6.37. The molecule has 3 amide bonds. The zero-order valence-corrected chi connectivity index (χ0v) is 19.8. The number of rotatable bonds is 6. The predicted octanol–water partition coefficient (Wildman–Crippen LogP) is 2.32. The summed E-state index contributed by atoms with van der Waals surface area (Å²) in [5.74, 6) is -0.860. The first-order chi connectivity index (χ1) is 16.3. The van der Waals surface area contributed by atoms with Crippen LogP contribution in [0.25, 0.3) is 0 Å². The second-order valence-corrected chi connectivity index (χ2v) is 9.49. The zero-order chi connectivity index (χ0) is 24.2. The number of para-hydroxylation sites is 1. The molecule has 8 heteroatoms. The molecule has 2 fully saturated rings. The summed E-state index contributed by atoms with van der Waals surface area (Å²) in [6, 6.07) is 12.7. The number of nitrogens with zero attached hydrogens (tertiary/aromatic N) is 1. The number of carbonyl (C=O) groups is 3. The van der Waals surface area contributed by atoms with Gasteiger partial charge in [-0.3, -0.25) is 24.6 Å². The third-order valence-electron chi connectivity index (χ3n) is 7.44. The summed E-state index contributed by atoms with van der Waals surface area (Å²) in [4.78, 5) is 42.1. The van der Waals surface area contributed by atoms with E-state index in [1.807, 2.05) is 56.3 Å². The van der Waals surface area contributed by atoms with Crippen LogP contribution in [0.15, 0.2) is 42.5 Å². The van der Waals surface area contributed by atoms with E-state index in [1.54, 1.807) is 14.2 Å². The highest BCUT2D eigenvalue weighted by atomic mass is 16.5. The van der Waals surface area contributed by atoms with Gasteiger partial charge in [0.05, 0.1) is 26.1 Å². The molecule has 2 aromatic carbocycles. The molecule has 34 heavy (non-hydrogen) atoms. The van der Waals surface area contributed by atoms with E-state index in [9.17, 15) is 14.4 Å². The van der Waals surface area contributed by atoms with Crippen molar-refractivity contribution in [1.29, 1.82) is 0 Å². The highest BCUT2D eigenvalue weighted by Crippen LogP contribution is 2.53. The van der Waals surface area contributed by atoms with Crippen molar-refractivity contribution < 1.29 is 23.9 Å². The average Bonchev–Trinajstić information content (AvgIpc) is 3.42.